The molecule has 5 aromatic heterocycles. The molecule has 11 rings (SSSR count). The summed E-state index contributed by atoms with van der Waals surface area (Å²) in [5.41, 5.74) is 4.77. The summed E-state index contributed by atoms with van der Waals surface area (Å²) < 4.78 is 47.5. The number of carbonyl (C=O) groups is 1. The largest absolute Gasteiger partial charge is 0.438 e. The van der Waals surface area contributed by atoms with Gasteiger partial charge in [-0.15, -0.1) is 0 Å². The zero-order valence-electron chi connectivity index (χ0n) is 36.9. The highest BCUT2D eigenvalue weighted by Gasteiger charge is 2.59. The number of carbonyl (C=O) groups excluding carboxylic acids is 1. The van der Waals surface area contributed by atoms with Gasteiger partial charge in [0.15, 0.2) is 5.82 Å². The Balaban J connectivity index is 1.06. The van der Waals surface area contributed by atoms with Crippen LogP contribution in [-0.4, -0.2) is 73.4 Å². The molecule has 65 heavy (non-hydrogen) atoms. The van der Waals surface area contributed by atoms with E-state index in [0.29, 0.717) is 93.6 Å². The lowest BCUT2D eigenvalue weighted by molar-refractivity contribution is -0.0592. The maximum Gasteiger partial charge on any atom is 0.438 e. The van der Waals surface area contributed by atoms with Crippen LogP contribution in [0.25, 0.3) is 39.0 Å². The van der Waals surface area contributed by atoms with Crippen LogP contribution in [0.15, 0.2) is 81.2 Å². The summed E-state index contributed by atoms with van der Waals surface area (Å²) in [6.45, 7) is 11.7. The molecule has 17 heteroatoms. The number of rotatable bonds is 8. The number of benzene rings is 3. The van der Waals surface area contributed by atoms with E-state index >= 15 is 9.18 Å². The number of fused-ring (bicyclic) bond motifs is 3. The molecule has 2 aliphatic heterocycles. The van der Waals surface area contributed by atoms with Crippen molar-refractivity contribution in [2.45, 2.75) is 97.0 Å². The molecule has 334 valence electrons. The second-order valence-electron chi connectivity index (χ2n) is 18.7. The number of imidazole rings is 1. The molecule has 7 heterocycles. The number of hydrogen-bond donors (Lipinski definition) is 2. The number of nitrogens with zero attached hydrogens (tertiary/aromatic N) is 8. The van der Waals surface area contributed by atoms with Crippen molar-refractivity contribution in [2.24, 2.45) is 5.92 Å². The molecular formula is C48H48F2N10O5. The maximum absolute atomic E-state index is 15.6. The van der Waals surface area contributed by atoms with Gasteiger partial charge < -0.3 is 14.2 Å². The normalized spacial score (nSPS) is 21.7. The quantitative estimate of drug-likeness (QED) is 0.156. The minimum absolute atomic E-state index is 0.00209. The fraction of sp³-hybridized carbons (Fsp3) is 0.375. The maximum atomic E-state index is 15.6. The Morgan fingerprint density at radius 2 is 1.77 bits per heavy atom. The molecule has 1 amide bonds. The molecule has 15 nitrogen and oxygen atoms in total. The van der Waals surface area contributed by atoms with E-state index in [1.165, 1.54) is 15.3 Å². The van der Waals surface area contributed by atoms with E-state index in [2.05, 4.69) is 59.3 Å². The first-order chi connectivity index (χ1) is 31.2. The lowest BCUT2D eigenvalue weighted by Crippen LogP contribution is -2.41. The average Bonchev–Trinajstić information content (AvgIpc) is 3.95. The van der Waals surface area contributed by atoms with Gasteiger partial charge in [0.25, 0.3) is 5.91 Å². The number of nitrogens with one attached hydrogen (secondary N) is 2. The fourth-order valence-corrected chi connectivity index (χ4v) is 10.9. The fourth-order valence-electron chi connectivity index (χ4n) is 10.9. The van der Waals surface area contributed by atoms with Crippen LogP contribution < -0.4 is 11.4 Å². The summed E-state index contributed by atoms with van der Waals surface area (Å²) in [5, 5.41) is 17.6. The number of aromatic nitrogens is 9. The molecule has 4 atom stereocenters. The van der Waals surface area contributed by atoms with Gasteiger partial charge in [-0.05, 0) is 125 Å². The monoisotopic (exact) mass is 882 g/mol. The molecule has 0 bridgehead atoms. The highest BCUT2D eigenvalue weighted by molar-refractivity contribution is 6.00. The topological polar surface area (TPSA) is 167 Å². The standard InChI is InChI=1S/C48H48F2N10O5/c1-25-17-32(18-26(2)41(25)50)60-42(58-15-14-57(46(58)63)38-10-8-35-34(24-51-53-35)33(38)23-49)40-28(4)56(13-11-36(40)54-60)43(61)39-20-31-19-29(30-12-16-64-47(5,6)22-30)7-9-37(31)59(39)48(21-27(48)3)44-52-45(62)65-55-44/h7-10,14-15,17-20,24,27-28,30H,11-13,16,21-23H2,1-6H3,(H,51,53)(H,52,55,62)/t27-,28-,30-,48-/m0/s1. The van der Waals surface area contributed by atoms with Crippen LogP contribution in [0.4, 0.5) is 8.78 Å². The third-order valence-electron chi connectivity index (χ3n) is 14.2. The zero-order chi connectivity index (χ0) is 45.3. The molecule has 0 spiro atoms. The van der Waals surface area contributed by atoms with Crippen molar-refractivity contribution < 1.29 is 22.8 Å². The first-order valence-corrected chi connectivity index (χ1v) is 22.1. The number of amides is 1. The third-order valence-corrected chi connectivity index (χ3v) is 14.2. The molecule has 0 radical (unpaired) electrons. The smallest absolute Gasteiger partial charge is 0.376 e. The van der Waals surface area contributed by atoms with Gasteiger partial charge in [-0.2, -0.15) is 10.2 Å². The number of ether oxygens (including phenoxy) is 1. The van der Waals surface area contributed by atoms with E-state index in [9.17, 15) is 14.0 Å². The summed E-state index contributed by atoms with van der Waals surface area (Å²) in [6, 6.07) is 14.5. The molecule has 1 saturated carbocycles. The zero-order valence-corrected chi connectivity index (χ0v) is 36.9. The molecule has 8 aromatic rings. The second-order valence-corrected chi connectivity index (χ2v) is 18.7. The first-order valence-electron chi connectivity index (χ1n) is 22.1. The molecule has 3 aromatic carbocycles. The van der Waals surface area contributed by atoms with Gasteiger partial charge in [0.2, 0.25) is 0 Å². The minimum atomic E-state index is -0.853. The third kappa shape index (κ3) is 6.21. The summed E-state index contributed by atoms with van der Waals surface area (Å²) in [6.07, 6.45) is 7.44. The Hall–Kier alpha value is -6.88. The van der Waals surface area contributed by atoms with Gasteiger partial charge in [0, 0.05) is 59.4 Å². The Morgan fingerprint density at radius 1 is 1.00 bits per heavy atom. The van der Waals surface area contributed by atoms with Crippen LogP contribution in [0.5, 0.6) is 0 Å². The molecule has 0 unspecified atom stereocenters. The van der Waals surface area contributed by atoms with Crippen molar-refractivity contribution in [3.8, 4) is 17.2 Å². The second kappa shape index (κ2) is 14.6. The highest BCUT2D eigenvalue weighted by Crippen LogP contribution is 2.56. The van der Waals surface area contributed by atoms with Crippen molar-refractivity contribution >= 4 is 27.7 Å². The van der Waals surface area contributed by atoms with Gasteiger partial charge in [-0.1, -0.05) is 18.1 Å². The minimum Gasteiger partial charge on any atom is -0.376 e. The predicted molar refractivity (Wildman–Crippen MR) is 237 cm³/mol. The average molecular weight is 883 g/mol. The molecule has 1 saturated heterocycles. The summed E-state index contributed by atoms with van der Waals surface area (Å²) >= 11 is 0. The van der Waals surface area contributed by atoms with E-state index in [-0.39, 0.29) is 29.2 Å². The molecule has 2 N–H and O–H groups in total. The van der Waals surface area contributed by atoms with Gasteiger partial charge in [0.1, 0.15) is 29.5 Å². The van der Waals surface area contributed by atoms with Crippen LogP contribution in [-0.2, 0) is 23.4 Å². The van der Waals surface area contributed by atoms with Gasteiger partial charge in [0.05, 0.1) is 40.4 Å². The highest BCUT2D eigenvalue weighted by atomic mass is 19.1. The number of hydrogen-bond acceptors (Lipinski definition) is 8. The Morgan fingerprint density at radius 3 is 2.48 bits per heavy atom. The Kier molecular flexibility index (Phi) is 9.16. The molecule has 2 fully saturated rings. The van der Waals surface area contributed by atoms with Crippen molar-refractivity contribution in [3.63, 3.8) is 0 Å². The van der Waals surface area contributed by atoms with Gasteiger partial charge >= 0.3 is 11.4 Å². The Bertz CT molecular complexity index is 3340. The molecular weight excluding hydrogens is 835 g/mol. The van der Waals surface area contributed by atoms with E-state index in [1.54, 1.807) is 60.1 Å². The Labute approximate surface area is 370 Å². The van der Waals surface area contributed by atoms with Crippen LogP contribution in [0.1, 0.15) is 109 Å². The first kappa shape index (κ1) is 40.9. The lowest BCUT2D eigenvalue weighted by atomic mass is 9.83. The number of alkyl halides is 1. The van der Waals surface area contributed by atoms with E-state index < -0.39 is 29.7 Å². The summed E-state index contributed by atoms with van der Waals surface area (Å²) in [5.74, 6) is -0.268. The SMILES string of the molecule is Cc1cc(-n2nc3c(c2-n2ccn(-c4ccc5[nH]ncc5c4CF)c2=O)[C@H](C)N(C(=O)c2cc4cc([C@H]5CCOC(C)(C)C5)ccc4n2[C@@]2(c4noc(=O)[nH]4)C[C@@H]2C)CC3)cc(C)c1F. The number of H-pyrrole nitrogens is 2. The van der Waals surface area contributed by atoms with Crippen molar-refractivity contribution in [1.29, 1.82) is 0 Å². The predicted octanol–water partition coefficient (Wildman–Crippen LogP) is 7.76. The number of aromatic amines is 2. The molecule has 1 aliphatic carbocycles. The summed E-state index contributed by atoms with van der Waals surface area (Å²) in [7, 11) is 0. The summed E-state index contributed by atoms with van der Waals surface area (Å²) in [4.78, 5) is 47.4. The van der Waals surface area contributed by atoms with E-state index in [4.69, 9.17) is 14.4 Å². The van der Waals surface area contributed by atoms with Crippen molar-refractivity contribution in [3.05, 3.63) is 139 Å². The number of aryl methyl sites for hydroxylation is 2. The van der Waals surface area contributed by atoms with Crippen molar-refractivity contribution in [2.75, 3.05) is 13.2 Å². The van der Waals surface area contributed by atoms with E-state index in [0.717, 1.165) is 29.3 Å². The van der Waals surface area contributed by atoms with Gasteiger partial charge in [-0.3, -0.25) is 28.5 Å². The van der Waals surface area contributed by atoms with Crippen LogP contribution in [0.3, 0.4) is 0 Å². The van der Waals surface area contributed by atoms with Crippen LogP contribution in [0.2, 0.25) is 0 Å². The number of halogens is 2. The van der Waals surface area contributed by atoms with Crippen LogP contribution >= 0.6 is 0 Å². The van der Waals surface area contributed by atoms with Gasteiger partial charge in [-0.25, -0.2) is 23.1 Å². The molecule has 3 aliphatic rings. The van der Waals surface area contributed by atoms with E-state index in [1.807, 2.05) is 17.6 Å². The lowest BCUT2D eigenvalue weighted by Gasteiger charge is -2.35. The van der Waals surface area contributed by atoms with Crippen LogP contribution in [0, 0.1) is 25.6 Å². The van der Waals surface area contributed by atoms with Crippen molar-refractivity contribution in [1.82, 2.24) is 48.7 Å².